The molecule has 1 aliphatic heterocycles. The monoisotopic (exact) mass is 433 g/mol. The van der Waals surface area contributed by atoms with Crippen LogP contribution in [-0.4, -0.2) is 25.4 Å². The smallest absolute Gasteiger partial charge is 0.179 e. The lowest BCUT2D eigenvalue weighted by molar-refractivity contribution is 0.0127. The molecule has 1 aliphatic rings. The zero-order valence-electron chi connectivity index (χ0n) is 17.8. The third-order valence-corrected chi connectivity index (χ3v) is 8.41. The van der Waals surface area contributed by atoms with Crippen molar-refractivity contribution >= 4 is 15.5 Å². The lowest BCUT2D eigenvalue weighted by Crippen LogP contribution is -2.43. The Balaban J connectivity index is 2.27. The Bertz CT molecular complexity index is 964. The SMILES string of the molecule is CCCCC1(CCCC)CS(=O)(=O)c2ccc(N)cc2[C@@H](c2ccc(F)cc2)[C@H]1O. The van der Waals surface area contributed by atoms with Crippen LogP contribution in [0.5, 0.6) is 0 Å². The number of anilines is 1. The topological polar surface area (TPSA) is 80.4 Å². The number of rotatable bonds is 7. The third-order valence-electron chi connectivity index (χ3n) is 6.41. The van der Waals surface area contributed by atoms with E-state index in [0.29, 0.717) is 29.7 Å². The van der Waals surface area contributed by atoms with Crippen molar-refractivity contribution in [1.82, 2.24) is 0 Å². The Kier molecular flexibility index (Phi) is 6.88. The average molecular weight is 434 g/mol. The van der Waals surface area contributed by atoms with Gasteiger partial charge < -0.3 is 10.8 Å². The van der Waals surface area contributed by atoms with E-state index in [1.54, 1.807) is 30.3 Å². The molecule has 0 bridgehead atoms. The molecule has 30 heavy (non-hydrogen) atoms. The number of aliphatic hydroxyl groups excluding tert-OH is 1. The van der Waals surface area contributed by atoms with Gasteiger partial charge in [-0.1, -0.05) is 51.7 Å². The van der Waals surface area contributed by atoms with Crippen molar-refractivity contribution in [3.8, 4) is 0 Å². The summed E-state index contributed by atoms with van der Waals surface area (Å²) in [5.74, 6) is -1.05. The molecule has 3 rings (SSSR count). The van der Waals surface area contributed by atoms with Crippen LogP contribution in [0.3, 0.4) is 0 Å². The molecule has 0 spiro atoms. The number of sulfone groups is 1. The van der Waals surface area contributed by atoms with Gasteiger partial charge in [0.05, 0.1) is 16.8 Å². The maximum Gasteiger partial charge on any atom is 0.179 e. The van der Waals surface area contributed by atoms with Gasteiger partial charge in [0.1, 0.15) is 5.82 Å². The molecule has 0 amide bonds. The standard InChI is InChI=1S/C24H32FNO3S/c1-3-5-13-24(14-6-4-2)16-30(28,29)21-12-11-19(26)15-20(21)22(23(24)27)17-7-9-18(25)10-8-17/h7-12,15,22-23,27H,3-6,13-14,16,26H2,1-2H3/t22-,23-/m1/s1. The maximum atomic E-state index is 13.6. The fourth-order valence-electron chi connectivity index (χ4n) is 4.81. The minimum atomic E-state index is -3.64. The van der Waals surface area contributed by atoms with Crippen LogP contribution < -0.4 is 5.73 Å². The Morgan fingerprint density at radius 1 is 1.07 bits per heavy atom. The molecule has 0 saturated carbocycles. The molecule has 4 nitrogen and oxygen atoms in total. The minimum absolute atomic E-state index is 0.0875. The number of hydrogen-bond donors (Lipinski definition) is 2. The predicted octanol–water partition coefficient (Wildman–Crippen LogP) is 5.05. The summed E-state index contributed by atoms with van der Waals surface area (Å²) in [4.78, 5) is 0.222. The average Bonchev–Trinajstić information content (AvgIpc) is 2.77. The van der Waals surface area contributed by atoms with Crippen molar-refractivity contribution in [3.05, 3.63) is 59.4 Å². The van der Waals surface area contributed by atoms with Crippen LogP contribution in [0, 0.1) is 11.2 Å². The summed E-state index contributed by atoms with van der Waals surface area (Å²) in [6.45, 7) is 4.13. The molecule has 2 aromatic carbocycles. The first kappa shape index (κ1) is 22.8. The second-order valence-corrected chi connectivity index (χ2v) is 10.6. The number of benzene rings is 2. The summed E-state index contributed by atoms with van der Waals surface area (Å²) in [5, 5.41) is 11.8. The second-order valence-electron chi connectivity index (χ2n) is 8.60. The van der Waals surface area contributed by atoms with Crippen molar-refractivity contribution in [2.45, 2.75) is 69.3 Å². The molecular formula is C24H32FNO3S. The van der Waals surface area contributed by atoms with E-state index in [9.17, 15) is 17.9 Å². The molecule has 0 aromatic heterocycles. The van der Waals surface area contributed by atoms with Gasteiger partial charge in [0.25, 0.3) is 0 Å². The molecule has 6 heteroatoms. The van der Waals surface area contributed by atoms with Crippen LogP contribution in [0.25, 0.3) is 0 Å². The molecule has 1 heterocycles. The van der Waals surface area contributed by atoms with E-state index in [2.05, 4.69) is 13.8 Å². The quantitative estimate of drug-likeness (QED) is 0.599. The highest BCUT2D eigenvalue weighted by atomic mass is 32.2. The summed E-state index contributed by atoms with van der Waals surface area (Å²) in [6.07, 6.45) is 3.86. The molecule has 2 aromatic rings. The molecule has 2 atom stereocenters. The van der Waals surface area contributed by atoms with Gasteiger partial charge in [0.2, 0.25) is 0 Å². The van der Waals surface area contributed by atoms with Crippen LogP contribution in [0.1, 0.15) is 69.4 Å². The van der Waals surface area contributed by atoms with E-state index in [1.165, 1.54) is 12.1 Å². The highest BCUT2D eigenvalue weighted by molar-refractivity contribution is 7.91. The second kappa shape index (κ2) is 9.06. The molecule has 0 aliphatic carbocycles. The Morgan fingerprint density at radius 3 is 2.23 bits per heavy atom. The Labute approximate surface area is 179 Å². The summed E-state index contributed by atoms with van der Waals surface area (Å²) in [7, 11) is -3.64. The van der Waals surface area contributed by atoms with Crippen molar-refractivity contribution in [3.63, 3.8) is 0 Å². The number of aliphatic hydroxyl groups is 1. The number of fused-ring (bicyclic) bond motifs is 1. The van der Waals surface area contributed by atoms with Gasteiger partial charge in [-0.15, -0.1) is 0 Å². The fourth-order valence-corrected chi connectivity index (χ4v) is 7.01. The van der Waals surface area contributed by atoms with Crippen molar-refractivity contribution in [2.75, 3.05) is 11.5 Å². The van der Waals surface area contributed by atoms with Crippen LogP contribution in [0.4, 0.5) is 10.1 Å². The highest BCUT2D eigenvalue weighted by Crippen LogP contribution is 2.49. The van der Waals surface area contributed by atoms with Crippen molar-refractivity contribution in [1.29, 1.82) is 0 Å². The van der Waals surface area contributed by atoms with E-state index in [-0.39, 0.29) is 16.5 Å². The van der Waals surface area contributed by atoms with E-state index < -0.39 is 27.3 Å². The van der Waals surface area contributed by atoms with Crippen LogP contribution in [0.15, 0.2) is 47.4 Å². The van der Waals surface area contributed by atoms with E-state index in [1.807, 2.05) is 0 Å². The number of nitrogen functional groups attached to an aromatic ring is 1. The predicted molar refractivity (Wildman–Crippen MR) is 119 cm³/mol. The zero-order valence-corrected chi connectivity index (χ0v) is 18.6. The Hall–Kier alpha value is -1.92. The summed E-state index contributed by atoms with van der Waals surface area (Å²) < 4.78 is 40.6. The molecular weight excluding hydrogens is 401 g/mol. The minimum Gasteiger partial charge on any atom is -0.399 e. The number of hydrogen-bond acceptors (Lipinski definition) is 4. The maximum absolute atomic E-state index is 13.6. The third kappa shape index (κ3) is 4.40. The van der Waals surface area contributed by atoms with Crippen LogP contribution >= 0.6 is 0 Å². The number of unbranched alkanes of at least 4 members (excludes halogenated alkanes) is 2. The van der Waals surface area contributed by atoms with E-state index >= 15 is 0 Å². The normalized spacial score (nSPS) is 22.3. The summed E-state index contributed by atoms with van der Waals surface area (Å²) in [6, 6.07) is 10.8. The molecule has 0 fully saturated rings. The lowest BCUT2D eigenvalue weighted by Gasteiger charge is -2.40. The largest absolute Gasteiger partial charge is 0.399 e. The first-order chi connectivity index (χ1) is 14.2. The van der Waals surface area contributed by atoms with Crippen LogP contribution in [-0.2, 0) is 9.84 Å². The number of nitrogens with two attached hydrogens (primary N) is 1. The first-order valence-electron chi connectivity index (χ1n) is 10.8. The summed E-state index contributed by atoms with van der Waals surface area (Å²) in [5.41, 5.74) is 6.90. The van der Waals surface area contributed by atoms with Gasteiger partial charge in [-0.2, -0.15) is 0 Å². The van der Waals surface area contributed by atoms with Gasteiger partial charge in [-0.3, -0.25) is 0 Å². The Morgan fingerprint density at radius 2 is 1.67 bits per heavy atom. The fraction of sp³-hybridized carbons (Fsp3) is 0.500. The van der Waals surface area contributed by atoms with Crippen LogP contribution in [0.2, 0.25) is 0 Å². The van der Waals surface area contributed by atoms with E-state index in [0.717, 1.165) is 25.7 Å². The van der Waals surface area contributed by atoms with Gasteiger partial charge in [-0.05, 0) is 54.3 Å². The van der Waals surface area contributed by atoms with Crippen molar-refractivity contribution in [2.24, 2.45) is 5.41 Å². The lowest BCUT2D eigenvalue weighted by atomic mass is 9.68. The summed E-state index contributed by atoms with van der Waals surface area (Å²) >= 11 is 0. The molecule has 164 valence electrons. The van der Waals surface area contributed by atoms with Gasteiger partial charge >= 0.3 is 0 Å². The molecule has 0 unspecified atom stereocenters. The number of halogens is 1. The first-order valence-corrected chi connectivity index (χ1v) is 12.4. The van der Waals surface area contributed by atoms with E-state index in [4.69, 9.17) is 5.73 Å². The molecule has 0 radical (unpaired) electrons. The van der Waals surface area contributed by atoms with Crippen molar-refractivity contribution < 1.29 is 17.9 Å². The van der Waals surface area contributed by atoms with Gasteiger partial charge in [0.15, 0.2) is 9.84 Å². The molecule has 3 N–H and O–H groups in total. The zero-order chi connectivity index (χ0) is 21.9. The highest BCUT2D eigenvalue weighted by Gasteiger charge is 2.49. The van der Waals surface area contributed by atoms with Gasteiger partial charge in [-0.25, -0.2) is 12.8 Å². The van der Waals surface area contributed by atoms with Gasteiger partial charge in [0, 0.05) is 17.0 Å². The molecule has 0 saturated heterocycles.